The molecule has 17 heavy (non-hydrogen) atoms. The molecule has 2 aromatic heterocycles. The molecule has 0 spiro atoms. The summed E-state index contributed by atoms with van der Waals surface area (Å²) in [6, 6.07) is 11.1. The molecule has 0 aliphatic rings. The first-order valence-electron chi connectivity index (χ1n) is 5.26. The van der Waals surface area contributed by atoms with Gasteiger partial charge in [-0.3, -0.25) is 4.98 Å². The SMILES string of the molecule is OC(O)c1ccc2ccc3cccnc3c2n1. The molecule has 0 bridgehead atoms. The summed E-state index contributed by atoms with van der Waals surface area (Å²) >= 11 is 0. The van der Waals surface area contributed by atoms with Gasteiger partial charge >= 0.3 is 0 Å². The van der Waals surface area contributed by atoms with Crippen LogP contribution >= 0.6 is 0 Å². The lowest BCUT2D eigenvalue weighted by Crippen LogP contribution is -1.98. The second kappa shape index (κ2) is 3.76. The molecule has 2 N–H and O–H groups in total. The third-order valence-electron chi connectivity index (χ3n) is 2.72. The van der Waals surface area contributed by atoms with Crippen molar-refractivity contribution in [1.29, 1.82) is 0 Å². The van der Waals surface area contributed by atoms with Gasteiger partial charge in [-0.05, 0) is 12.1 Å². The van der Waals surface area contributed by atoms with Crippen LogP contribution in [0.5, 0.6) is 0 Å². The number of benzene rings is 1. The summed E-state index contributed by atoms with van der Waals surface area (Å²) in [5.41, 5.74) is 1.69. The number of hydrogen-bond acceptors (Lipinski definition) is 4. The number of aromatic nitrogens is 2. The smallest absolute Gasteiger partial charge is 0.196 e. The first-order chi connectivity index (χ1) is 8.25. The third kappa shape index (κ3) is 1.63. The Kier molecular flexibility index (Phi) is 2.24. The second-order valence-corrected chi connectivity index (χ2v) is 3.82. The summed E-state index contributed by atoms with van der Waals surface area (Å²) in [7, 11) is 0. The largest absolute Gasteiger partial charge is 0.363 e. The zero-order valence-electron chi connectivity index (χ0n) is 8.91. The maximum absolute atomic E-state index is 9.13. The molecule has 0 atom stereocenters. The van der Waals surface area contributed by atoms with E-state index in [-0.39, 0.29) is 5.69 Å². The molecule has 0 fully saturated rings. The van der Waals surface area contributed by atoms with Crippen molar-refractivity contribution in [1.82, 2.24) is 9.97 Å². The third-order valence-corrected chi connectivity index (χ3v) is 2.72. The van der Waals surface area contributed by atoms with Gasteiger partial charge in [0.2, 0.25) is 0 Å². The maximum Gasteiger partial charge on any atom is 0.196 e. The molecule has 0 aliphatic carbocycles. The molecule has 0 amide bonds. The molecule has 0 aliphatic heterocycles. The van der Waals surface area contributed by atoms with E-state index in [4.69, 9.17) is 10.2 Å². The number of hydrogen-bond donors (Lipinski definition) is 2. The van der Waals surface area contributed by atoms with Crippen molar-refractivity contribution in [3.8, 4) is 0 Å². The predicted octanol–water partition coefficient (Wildman–Crippen LogP) is 1.77. The molecule has 0 saturated heterocycles. The molecule has 0 unspecified atom stereocenters. The lowest BCUT2D eigenvalue weighted by Gasteiger charge is -2.06. The zero-order valence-corrected chi connectivity index (χ0v) is 8.91. The molecule has 2 heterocycles. The summed E-state index contributed by atoms with van der Waals surface area (Å²) in [4.78, 5) is 8.52. The average Bonchev–Trinajstić information content (AvgIpc) is 2.38. The van der Waals surface area contributed by atoms with Gasteiger partial charge in [-0.1, -0.05) is 24.3 Å². The van der Waals surface area contributed by atoms with Crippen LogP contribution in [0.15, 0.2) is 42.6 Å². The van der Waals surface area contributed by atoms with E-state index in [1.165, 1.54) is 0 Å². The van der Waals surface area contributed by atoms with Crippen LogP contribution in [0.1, 0.15) is 12.0 Å². The Balaban J connectivity index is 2.42. The summed E-state index contributed by atoms with van der Waals surface area (Å²) in [6.45, 7) is 0. The van der Waals surface area contributed by atoms with Crippen molar-refractivity contribution in [2.24, 2.45) is 0 Å². The Hall–Kier alpha value is -2.04. The Morgan fingerprint density at radius 1 is 0.882 bits per heavy atom. The number of rotatable bonds is 1. The number of pyridine rings is 2. The van der Waals surface area contributed by atoms with Gasteiger partial charge in [-0.15, -0.1) is 0 Å². The van der Waals surface area contributed by atoms with Gasteiger partial charge in [-0.25, -0.2) is 4.98 Å². The lowest BCUT2D eigenvalue weighted by molar-refractivity contribution is -0.0455. The fraction of sp³-hybridized carbons (Fsp3) is 0.0769. The van der Waals surface area contributed by atoms with E-state index in [0.717, 1.165) is 16.3 Å². The van der Waals surface area contributed by atoms with Crippen molar-refractivity contribution in [2.45, 2.75) is 6.29 Å². The second-order valence-electron chi connectivity index (χ2n) is 3.82. The highest BCUT2D eigenvalue weighted by Crippen LogP contribution is 2.23. The topological polar surface area (TPSA) is 66.2 Å². The first kappa shape index (κ1) is 10.1. The summed E-state index contributed by atoms with van der Waals surface area (Å²) in [5.74, 6) is 0. The minimum atomic E-state index is -1.56. The highest BCUT2D eigenvalue weighted by atomic mass is 16.5. The summed E-state index contributed by atoms with van der Waals surface area (Å²) in [5, 5.41) is 20.2. The van der Waals surface area contributed by atoms with E-state index >= 15 is 0 Å². The fourth-order valence-electron chi connectivity index (χ4n) is 1.88. The molecule has 3 rings (SSSR count). The van der Waals surface area contributed by atoms with Gasteiger partial charge in [0.15, 0.2) is 6.29 Å². The van der Waals surface area contributed by atoms with Gasteiger partial charge in [0.05, 0.1) is 16.7 Å². The fourth-order valence-corrected chi connectivity index (χ4v) is 1.88. The maximum atomic E-state index is 9.13. The Labute approximate surface area is 97.2 Å². The average molecular weight is 226 g/mol. The molecule has 1 aromatic carbocycles. The highest BCUT2D eigenvalue weighted by molar-refractivity contribution is 6.02. The van der Waals surface area contributed by atoms with Crippen molar-refractivity contribution in [3.63, 3.8) is 0 Å². The highest BCUT2D eigenvalue weighted by Gasteiger charge is 2.08. The van der Waals surface area contributed by atoms with Gasteiger partial charge < -0.3 is 10.2 Å². The lowest BCUT2D eigenvalue weighted by atomic mass is 10.1. The van der Waals surface area contributed by atoms with Crippen LogP contribution in [0.2, 0.25) is 0 Å². The number of fused-ring (bicyclic) bond motifs is 3. The van der Waals surface area contributed by atoms with Gasteiger partial charge in [0.1, 0.15) is 0 Å². The van der Waals surface area contributed by atoms with Crippen LogP contribution in [0.3, 0.4) is 0 Å². The van der Waals surface area contributed by atoms with Crippen LogP contribution in [-0.4, -0.2) is 20.2 Å². The normalized spacial score (nSPS) is 11.5. The molecule has 0 radical (unpaired) electrons. The number of nitrogens with zero attached hydrogens (tertiary/aromatic N) is 2. The predicted molar refractivity (Wildman–Crippen MR) is 64.2 cm³/mol. The molecule has 4 nitrogen and oxygen atoms in total. The minimum absolute atomic E-state index is 0.232. The van der Waals surface area contributed by atoms with Crippen molar-refractivity contribution < 1.29 is 10.2 Å². The van der Waals surface area contributed by atoms with E-state index in [0.29, 0.717) is 5.52 Å². The van der Waals surface area contributed by atoms with Crippen LogP contribution < -0.4 is 0 Å². The van der Waals surface area contributed by atoms with Gasteiger partial charge in [0.25, 0.3) is 0 Å². The zero-order chi connectivity index (χ0) is 11.8. The van der Waals surface area contributed by atoms with E-state index in [9.17, 15) is 0 Å². The molecular weight excluding hydrogens is 216 g/mol. The standard InChI is InChI=1S/C13H10N2O2/c16-13(17)10-6-5-9-4-3-8-2-1-7-14-11(8)12(9)15-10/h1-7,13,16-17H. The molecule has 4 heteroatoms. The quantitative estimate of drug-likeness (QED) is 0.490. The first-order valence-corrected chi connectivity index (χ1v) is 5.26. The van der Waals surface area contributed by atoms with Crippen LogP contribution in [0.25, 0.3) is 21.8 Å². The van der Waals surface area contributed by atoms with Crippen LogP contribution in [0.4, 0.5) is 0 Å². The molecule has 84 valence electrons. The monoisotopic (exact) mass is 226 g/mol. The molecule has 3 aromatic rings. The van der Waals surface area contributed by atoms with Crippen LogP contribution in [0, 0.1) is 0 Å². The van der Waals surface area contributed by atoms with Gasteiger partial charge in [-0.2, -0.15) is 0 Å². The Morgan fingerprint density at radius 2 is 1.59 bits per heavy atom. The number of aliphatic hydroxyl groups is 2. The van der Waals surface area contributed by atoms with E-state index in [1.807, 2.05) is 30.3 Å². The van der Waals surface area contributed by atoms with E-state index in [2.05, 4.69) is 9.97 Å². The van der Waals surface area contributed by atoms with E-state index < -0.39 is 6.29 Å². The van der Waals surface area contributed by atoms with Crippen molar-refractivity contribution in [3.05, 3.63) is 48.3 Å². The molecular formula is C13H10N2O2. The Morgan fingerprint density at radius 3 is 2.35 bits per heavy atom. The summed E-state index contributed by atoms with van der Waals surface area (Å²) in [6.07, 6.45) is 0.143. The van der Waals surface area contributed by atoms with E-state index in [1.54, 1.807) is 12.3 Å². The summed E-state index contributed by atoms with van der Waals surface area (Å²) < 4.78 is 0. The number of aliphatic hydroxyl groups excluding tert-OH is 1. The minimum Gasteiger partial charge on any atom is -0.363 e. The Bertz CT molecular complexity index is 695. The van der Waals surface area contributed by atoms with Crippen molar-refractivity contribution in [2.75, 3.05) is 0 Å². The van der Waals surface area contributed by atoms with Crippen LogP contribution in [-0.2, 0) is 0 Å². The van der Waals surface area contributed by atoms with Crippen molar-refractivity contribution >= 4 is 21.8 Å². The van der Waals surface area contributed by atoms with Gasteiger partial charge in [0, 0.05) is 17.0 Å². The molecule has 0 saturated carbocycles.